The van der Waals surface area contributed by atoms with Gasteiger partial charge in [0.2, 0.25) is 0 Å². The number of nitrogens with zero attached hydrogens (tertiary/aromatic N) is 5. The Labute approximate surface area is 189 Å². The first-order chi connectivity index (χ1) is 15.2. The minimum atomic E-state index is -3.56. The number of aromatic nitrogens is 4. The molecule has 1 atom stereocenters. The number of pyridine rings is 1. The minimum absolute atomic E-state index is 0.0615. The van der Waals surface area contributed by atoms with Crippen LogP contribution >= 0.6 is 11.6 Å². The van der Waals surface area contributed by atoms with Crippen molar-refractivity contribution in [1.29, 1.82) is 5.26 Å². The highest BCUT2D eigenvalue weighted by molar-refractivity contribution is 7.90. The molecule has 0 saturated carbocycles. The maximum absolute atomic E-state index is 13.0. The van der Waals surface area contributed by atoms with E-state index in [1.807, 2.05) is 6.07 Å². The van der Waals surface area contributed by atoms with Crippen molar-refractivity contribution in [2.45, 2.75) is 17.4 Å². The Morgan fingerprint density at radius 3 is 2.72 bits per heavy atom. The van der Waals surface area contributed by atoms with Gasteiger partial charge in [-0.3, -0.25) is 4.79 Å². The van der Waals surface area contributed by atoms with Crippen LogP contribution in [0.25, 0.3) is 5.82 Å². The van der Waals surface area contributed by atoms with Gasteiger partial charge in [-0.1, -0.05) is 11.6 Å². The van der Waals surface area contributed by atoms with Gasteiger partial charge >= 0.3 is 0 Å². The van der Waals surface area contributed by atoms with Crippen LogP contribution in [0.5, 0.6) is 0 Å². The van der Waals surface area contributed by atoms with Gasteiger partial charge in [-0.15, -0.1) is 0 Å². The van der Waals surface area contributed by atoms with Crippen molar-refractivity contribution in [1.82, 2.24) is 25.1 Å². The van der Waals surface area contributed by atoms with Crippen molar-refractivity contribution < 1.29 is 17.9 Å². The maximum atomic E-state index is 13.0. The molecule has 166 valence electrons. The molecule has 0 bridgehead atoms. The second-order valence-electron chi connectivity index (χ2n) is 6.80. The lowest BCUT2D eigenvalue weighted by molar-refractivity contribution is 0.0921. The van der Waals surface area contributed by atoms with Crippen molar-refractivity contribution in [3.05, 3.63) is 64.8 Å². The van der Waals surface area contributed by atoms with Crippen molar-refractivity contribution >= 4 is 27.3 Å². The zero-order valence-corrected chi connectivity index (χ0v) is 18.8. The standard InChI is InChI=1S/C20H19ClN6O4S/c1-31-6-5-17(19-24-12-25-27(19)18-4-3-13(10-22)11-23-18)26-20(28)14-7-15(21)9-16(8-14)32(2,29)30/h3-4,7-9,11-12,17H,5-6H2,1-2H3,(H,26,28). The molecule has 3 aromatic rings. The molecule has 2 aromatic heterocycles. The second kappa shape index (κ2) is 9.86. The van der Waals surface area contributed by atoms with E-state index in [0.29, 0.717) is 30.2 Å². The van der Waals surface area contributed by atoms with E-state index in [-0.39, 0.29) is 15.5 Å². The first kappa shape index (κ1) is 23.3. The van der Waals surface area contributed by atoms with Gasteiger partial charge in [-0.05, 0) is 36.8 Å². The van der Waals surface area contributed by atoms with Crippen LogP contribution in [-0.2, 0) is 14.6 Å². The summed E-state index contributed by atoms with van der Waals surface area (Å²) in [4.78, 5) is 21.4. The molecule has 10 nitrogen and oxygen atoms in total. The van der Waals surface area contributed by atoms with Crippen LogP contribution in [0.1, 0.15) is 34.2 Å². The second-order valence-corrected chi connectivity index (χ2v) is 9.25. The molecule has 12 heteroatoms. The number of ether oxygens (including phenoxy) is 1. The molecule has 0 aliphatic heterocycles. The predicted molar refractivity (Wildman–Crippen MR) is 115 cm³/mol. The molecule has 32 heavy (non-hydrogen) atoms. The van der Waals surface area contributed by atoms with Crippen LogP contribution < -0.4 is 5.32 Å². The number of hydrogen-bond acceptors (Lipinski definition) is 8. The van der Waals surface area contributed by atoms with E-state index >= 15 is 0 Å². The Morgan fingerprint density at radius 1 is 1.31 bits per heavy atom. The molecule has 1 aromatic carbocycles. The summed E-state index contributed by atoms with van der Waals surface area (Å²) in [5.74, 6) is 0.258. The normalized spacial score (nSPS) is 12.2. The minimum Gasteiger partial charge on any atom is -0.385 e. The van der Waals surface area contributed by atoms with Crippen LogP contribution in [0.3, 0.4) is 0 Å². The number of halogens is 1. The van der Waals surface area contributed by atoms with Crippen LogP contribution in [0.15, 0.2) is 47.8 Å². The third-order valence-electron chi connectivity index (χ3n) is 4.46. The Morgan fingerprint density at radius 2 is 2.09 bits per heavy atom. The van der Waals surface area contributed by atoms with Crippen molar-refractivity contribution in [3.63, 3.8) is 0 Å². The number of nitrogens with one attached hydrogen (secondary N) is 1. The van der Waals surface area contributed by atoms with Gasteiger partial charge in [0.25, 0.3) is 5.91 Å². The van der Waals surface area contributed by atoms with Crippen LogP contribution in [-0.4, -0.2) is 54.0 Å². The SMILES string of the molecule is COCCC(NC(=O)c1cc(Cl)cc(S(C)(=O)=O)c1)c1ncnn1-c1ccc(C#N)cn1. The van der Waals surface area contributed by atoms with Gasteiger partial charge in [0, 0.05) is 36.8 Å². The third-order valence-corrected chi connectivity index (χ3v) is 5.77. The number of rotatable bonds is 8. The number of carbonyl (C=O) groups excluding carboxylic acids is 1. The molecule has 0 spiro atoms. The van der Waals surface area contributed by atoms with E-state index in [1.165, 1.54) is 42.5 Å². The molecule has 3 rings (SSSR count). The van der Waals surface area contributed by atoms with Gasteiger partial charge in [0.1, 0.15) is 12.4 Å². The summed E-state index contributed by atoms with van der Waals surface area (Å²) in [6.07, 6.45) is 4.12. The average Bonchev–Trinajstić information content (AvgIpc) is 3.25. The highest BCUT2D eigenvalue weighted by Gasteiger charge is 2.23. The summed E-state index contributed by atoms with van der Waals surface area (Å²) >= 11 is 6.03. The summed E-state index contributed by atoms with van der Waals surface area (Å²) in [5.41, 5.74) is 0.477. The molecule has 0 aliphatic carbocycles. The summed E-state index contributed by atoms with van der Waals surface area (Å²) in [6, 6.07) is 8.49. The van der Waals surface area contributed by atoms with Crippen molar-refractivity contribution in [2.24, 2.45) is 0 Å². The number of benzene rings is 1. The molecular formula is C20H19ClN6O4S. The lowest BCUT2D eigenvalue weighted by Crippen LogP contribution is -2.31. The van der Waals surface area contributed by atoms with E-state index in [0.717, 1.165) is 6.26 Å². The fraction of sp³-hybridized carbons (Fsp3) is 0.250. The Hall–Kier alpha value is -3.33. The van der Waals surface area contributed by atoms with Gasteiger partial charge < -0.3 is 10.1 Å². The van der Waals surface area contributed by atoms with Gasteiger partial charge in [0.05, 0.1) is 16.5 Å². The Kier molecular flexibility index (Phi) is 7.19. The fourth-order valence-electron chi connectivity index (χ4n) is 2.89. The highest BCUT2D eigenvalue weighted by atomic mass is 35.5. The van der Waals surface area contributed by atoms with E-state index in [1.54, 1.807) is 12.1 Å². The van der Waals surface area contributed by atoms with Crippen molar-refractivity contribution in [3.8, 4) is 11.9 Å². The number of carbonyl (C=O) groups is 1. The predicted octanol–water partition coefficient (Wildman–Crippen LogP) is 2.10. The summed E-state index contributed by atoms with van der Waals surface area (Å²) in [5, 5.41) is 16.1. The van der Waals surface area contributed by atoms with E-state index in [9.17, 15) is 13.2 Å². The number of nitriles is 1. The van der Waals surface area contributed by atoms with Gasteiger partial charge in [-0.2, -0.15) is 15.0 Å². The lowest BCUT2D eigenvalue weighted by atomic mass is 10.1. The molecule has 2 heterocycles. The zero-order valence-electron chi connectivity index (χ0n) is 17.2. The fourth-order valence-corrected chi connectivity index (χ4v) is 3.87. The zero-order chi connectivity index (χ0) is 23.3. The molecular weight excluding hydrogens is 456 g/mol. The monoisotopic (exact) mass is 474 g/mol. The smallest absolute Gasteiger partial charge is 0.251 e. The Balaban J connectivity index is 1.94. The molecule has 1 unspecified atom stereocenters. The van der Waals surface area contributed by atoms with Crippen LogP contribution in [0, 0.1) is 11.3 Å². The molecule has 0 fully saturated rings. The number of methoxy groups -OCH3 is 1. The highest BCUT2D eigenvalue weighted by Crippen LogP contribution is 2.22. The third kappa shape index (κ3) is 5.47. The molecule has 0 radical (unpaired) electrons. The first-order valence-electron chi connectivity index (χ1n) is 9.30. The molecule has 0 saturated heterocycles. The lowest BCUT2D eigenvalue weighted by Gasteiger charge is -2.19. The summed E-state index contributed by atoms with van der Waals surface area (Å²) < 4.78 is 30.4. The summed E-state index contributed by atoms with van der Waals surface area (Å²) in [7, 11) is -2.03. The van der Waals surface area contributed by atoms with E-state index < -0.39 is 21.8 Å². The Bertz CT molecular complexity index is 1270. The van der Waals surface area contributed by atoms with Gasteiger partial charge in [-0.25, -0.2) is 18.4 Å². The molecule has 1 amide bonds. The van der Waals surface area contributed by atoms with E-state index in [2.05, 4.69) is 20.4 Å². The number of hydrogen-bond donors (Lipinski definition) is 1. The van der Waals surface area contributed by atoms with Gasteiger partial charge in [0.15, 0.2) is 21.5 Å². The first-order valence-corrected chi connectivity index (χ1v) is 11.6. The molecule has 0 aliphatic rings. The summed E-state index contributed by atoms with van der Waals surface area (Å²) in [6.45, 7) is 0.308. The number of amides is 1. The number of sulfone groups is 1. The largest absolute Gasteiger partial charge is 0.385 e. The van der Waals surface area contributed by atoms with Crippen LogP contribution in [0.2, 0.25) is 5.02 Å². The average molecular weight is 475 g/mol. The van der Waals surface area contributed by atoms with E-state index in [4.69, 9.17) is 21.6 Å². The molecule has 1 N–H and O–H groups in total. The quantitative estimate of drug-likeness (QED) is 0.523. The maximum Gasteiger partial charge on any atom is 0.251 e. The van der Waals surface area contributed by atoms with Crippen LogP contribution in [0.4, 0.5) is 0 Å². The van der Waals surface area contributed by atoms with Crippen molar-refractivity contribution in [2.75, 3.05) is 20.0 Å². The topological polar surface area (TPSA) is 140 Å².